The molecule has 0 aliphatic rings. The Morgan fingerprint density at radius 2 is 1.50 bits per heavy atom. The molecule has 1 amide bonds. The Morgan fingerprint density at radius 3 is 1.91 bits per heavy atom. The molecule has 190 valence electrons. The molecule has 2 aromatic rings. The van der Waals surface area contributed by atoms with Crippen molar-refractivity contribution in [2.45, 2.75) is 46.3 Å². The zero-order valence-corrected chi connectivity index (χ0v) is 20.0. The van der Waals surface area contributed by atoms with E-state index in [2.05, 4.69) is 24.1 Å². The molecule has 0 fully saturated rings. The topological polar surface area (TPSA) is 86.7 Å². The van der Waals surface area contributed by atoms with E-state index in [0.717, 1.165) is 19.0 Å². The summed E-state index contributed by atoms with van der Waals surface area (Å²) in [5.41, 5.74) is 0.150. The summed E-state index contributed by atoms with van der Waals surface area (Å²) in [6.45, 7) is 12.4. The Bertz CT molecular complexity index is 872. The Kier molecular flexibility index (Phi) is 16.9. The van der Waals surface area contributed by atoms with Gasteiger partial charge in [-0.1, -0.05) is 6.92 Å². The van der Waals surface area contributed by atoms with E-state index < -0.39 is 29.2 Å². The quantitative estimate of drug-likeness (QED) is 0.461. The van der Waals surface area contributed by atoms with Crippen molar-refractivity contribution in [3.05, 3.63) is 64.7 Å². The van der Waals surface area contributed by atoms with Gasteiger partial charge in [-0.2, -0.15) is 0 Å². The molecule has 0 aliphatic carbocycles. The normalized spacial score (nSPS) is 11.5. The molecule has 2 N–H and O–H groups in total. The van der Waals surface area contributed by atoms with Gasteiger partial charge < -0.3 is 24.9 Å². The molecule has 0 aromatic heterocycles. The van der Waals surface area contributed by atoms with Crippen molar-refractivity contribution in [3.63, 3.8) is 0 Å². The molecule has 34 heavy (non-hydrogen) atoms. The fourth-order valence-corrected chi connectivity index (χ4v) is 2.53. The molecule has 0 bridgehead atoms. The minimum Gasteiger partial charge on any atom is -0.392 e. The lowest BCUT2D eigenvalue weighted by Crippen LogP contribution is -2.34. The minimum atomic E-state index is -1.61. The summed E-state index contributed by atoms with van der Waals surface area (Å²) in [5.74, 6) is -5.58. The number of carbonyl (C=O) groups excluding carboxylic acids is 3. The highest BCUT2D eigenvalue weighted by Crippen LogP contribution is 2.18. The molecular weight excluding hydrogens is 456 g/mol. The summed E-state index contributed by atoms with van der Waals surface area (Å²) < 4.78 is 51.8. The highest BCUT2D eigenvalue weighted by molar-refractivity contribution is 6.04. The number of aliphatic hydroxyl groups excluding tert-OH is 1. The van der Waals surface area contributed by atoms with Gasteiger partial charge in [0, 0.05) is 36.0 Å². The molecule has 0 heterocycles. The van der Waals surface area contributed by atoms with Crippen LogP contribution >= 0.6 is 0 Å². The van der Waals surface area contributed by atoms with Crippen LogP contribution in [0, 0.1) is 30.2 Å². The maximum atomic E-state index is 13.1. The van der Waals surface area contributed by atoms with Gasteiger partial charge in [0.1, 0.15) is 19.4 Å². The lowest BCUT2D eigenvalue weighted by molar-refractivity contribution is -0.0987. The van der Waals surface area contributed by atoms with Crippen LogP contribution in [0.5, 0.6) is 0 Å². The molecule has 0 aliphatic heterocycles. The predicted molar refractivity (Wildman–Crippen MR) is 124 cm³/mol. The molecule has 2 unspecified atom stereocenters. The number of hydrogen-bond acceptors (Lipinski definition) is 5. The number of amides is 1. The van der Waals surface area contributed by atoms with Crippen LogP contribution in [-0.4, -0.2) is 55.2 Å². The summed E-state index contributed by atoms with van der Waals surface area (Å²) in [7, 11) is 2.04. The predicted octanol–water partition coefficient (Wildman–Crippen LogP) is 4.53. The van der Waals surface area contributed by atoms with Gasteiger partial charge in [-0.3, -0.25) is 4.79 Å². The van der Waals surface area contributed by atoms with Crippen LogP contribution in [-0.2, 0) is 9.59 Å². The average molecular weight is 489 g/mol. The highest BCUT2D eigenvalue weighted by Gasteiger charge is 2.13. The first-order valence-corrected chi connectivity index (χ1v) is 10.1. The van der Waals surface area contributed by atoms with Gasteiger partial charge in [-0.05, 0) is 58.0 Å². The third-order valence-electron chi connectivity index (χ3n) is 4.56. The van der Waals surface area contributed by atoms with E-state index in [4.69, 9.17) is 14.7 Å². The number of halogens is 4. The van der Waals surface area contributed by atoms with Crippen molar-refractivity contribution in [2.75, 3.05) is 18.9 Å². The molecule has 0 radical (unpaired) electrons. The summed E-state index contributed by atoms with van der Waals surface area (Å²) >= 11 is 0. The third kappa shape index (κ3) is 11.7. The van der Waals surface area contributed by atoms with Gasteiger partial charge in [0.2, 0.25) is 0 Å². The second-order valence-electron chi connectivity index (χ2n) is 7.22. The first-order valence-electron chi connectivity index (χ1n) is 10.1. The van der Waals surface area contributed by atoms with E-state index in [-0.39, 0.29) is 22.9 Å². The van der Waals surface area contributed by atoms with Gasteiger partial charge >= 0.3 is 0 Å². The van der Waals surface area contributed by atoms with Crippen LogP contribution in [0.2, 0.25) is 0 Å². The smallest absolute Gasteiger partial charge is 0.255 e. The molecule has 10 heteroatoms. The SMILES string of the molecule is C=O.C=O.CCC(C)N(C)CC(C)O.Cc1cc(C(=O)Nc2cc(F)c(F)c(F)c2)ccc1F. The van der Waals surface area contributed by atoms with Crippen LogP contribution < -0.4 is 5.32 Å². The van der Waals surface area contributed by atoms with E-state index in [1.54, 1.807) is 0 Å². The van der Waals surface area contributed by atoms with Gasteiger partial charge in [0.05, 0.1) is 6.10 Å². The first kappa shape index (κ1) is 33.1. The Morgan fingerprint density at radius 1 is 1.00 bits per heavy atom. The lowest BCUT2D eigenvalue weighted by Gasteiger charge is -2.24. The lowest BCUT2D eigenvalue weighted by atomic mass is 10.1. The molecule has 2 aromatic carbocycles. The molecule has 2 atom stereocenters. The number of aliphatic hydroxyl groups is 1. The number of anilines is 1. The van der Waals surface area contributed by atoms with Crippen LogP contribution in [0.4, 0.5) is 23.2 Å². The Labute approximate surface area is 197 Å². The molecule has 0 saturated heterocycles. The molecule has 0 spiro atoms. The standard InChI is InChI=1S/C14H9F4NO.C8H19NO.2CH2O/c1-7-4-8(2-3-10(7)15)14(20)19-9-5-11(16)13(18)12(17)6-9;1-5-7(2)9(4)6-8(3)10;2*1-2/h2-6H,1H3,(H,19,20);7-8,10H,5-6H2,1-4H3;2*1H2. The molecule has 0 saturated carbocycles. The van der Waals surface area contributed by atoms with Crippen LogP contribution in [0.25, 0.3) is 0 Å². The number of hydrogen-bond donors (Lipinski definition) is 2. The van der Waals surface area contributed by atoms with E-state index in [1.807, 2.05) is 27.5 Å². The van der Waals surface area contributed by atoms with E-state index in [9.17, 15) is 22.4 Å². The average Bonchev–Trinajstić information content (AvgIpc) is 2.81. The van der Waals surface area contributed by atoms with E-state index >= 15 is 0 Å². The van der Waals surface area contributed by atoms with Crippen LogP contribution in [0.15, 0.2) is 30.3 Å². The number of aryl methyl sites for hydroxylation is 1. The van der Waals surface area contributed by atoms with Gasteiger partial charge in [-0.25, -0.2) is 17.6 Å². The summed E-state index contributed by atoms with van der Waals surface area (Å²) in [5, 5.41) is 11.2. The van der Waals surface area contributed by atoms with Crippen molar-refractivity contribution in [1.29, 1.82) is 0 Å². The summed E-state index contributed by atoms with van der Waals surface area (Å²) in [6, 6.07) is 5.53. The van der Waals surface area contributed by atoms with E-state index in [0.29, 0.717) is 18.2 Å². The van der Waals surface area contributed by atoms with Crippen molar-refractivity contribution >= 4 is 25.2 Å². The Hall–Kier alpha value is -3.11. The zero-order valence-electron chi connectivity index (χ0n) is 20.0. The number of benzene rings is 2. The number of carbonyl (C=O) groups is 3. The number of likely N-dealkylation sites (N-methyl/N-ethyl adjacent to an activating group) is 1. The highest BCUT2D eigenvalue weighted by atomic mass is 19.2. The van der Waals surface area contributed by atoms with Crippen molar-refractivity contribution < 1.29 is 37.1 Å². The van der Waals surface area contributed by atoms with Gasteiger partial charge in [0.25, 0.3) is 5.91 Å². The minimum absolute atomic E-state index is 0.119. The third-order valence-corrected chi connectivity index (χ3v) is 4.56. The largest absolute Gasteiger partial charge is 0.392 e. The second kappa shape index (κ2) is 17.4. The summed E-state index contributed by atoms with van der Waals surface area (Å²) in [6.07, 6.45) is 0.933. The zero-order chi connectivity index (χ0) is 27.0. The van der Waals surface area contributed by atoms with Crippen molar-refractivity contribution in [3.8, 4) is 0 Å². The number of nitrogens with one attached hydrogen (secondary N) is 1. The summed E-state index contributed by atoms with van der Waals surface area (Å²) in [4.78, 5) is 30.0. The van der Waals surface area contributed by atoms with Gasteiger partial charge in [-0.15, -0.1) is 0 Å². The first-order chi connectivity index (χ1) is 16.0. The maximum Gasteiger partial charge on any atom is 0.255 e. The second-order valence-corrected chi connectivity index (χ2v) is 7.22. The van der Waals surface area contributed by atoms with Crippen molar-refractivity contribution in [2.24, 2.45) is 0 Å². The van der Waals surface area contributed by atoms with E-state index in [1.165, 1.54) is 19.1 Å². The number of rotatable bonds is 6. The monoisotopic (exact) mass is 488 g/mol. The molecule has 2 rings (SSSR count). The van der Waals surface area contributed by atoms with Crippen LogP contribution in [0.3, 0.4) is 0 Å². The fraction of sp³-hybridized carbons (Fsp3) is 0.375. The van der Waals surface area contributed by atoms with Crippen molar-refractivity contribution in [1.82, 2.24) is 4.90 Å². The molecular formula is C24H32F4N2O4. The van der Waals surface area contributed by atoms with Crippen LogP contribution in [0.1, 0.15) is 43.1 Å². The maximum absolute atomic E-state index is 13.1. The fourth-order valence-electron chi connectivity index (χ4n) is 2.53. The number of nitrogens with zero attached hydrogens (tertiary/aromatic N) is 1. The molecule has 6 nitrogen and oxygen atoms in total. The van der Waals surface area contributed by atoms with Gasteiger partial charge in [0.15, 0.2) is 17.5 Å². The Balaban J connectivity index is 0.